The van der Waals surface area contributed by atoms with E-state index in [-0.39, 0.29) is 35.2 Å². The summed E-state index contributed by atoms with van der Waals surface area (Å²) in [5, 5.41) is 10.6. The van der Waals surface area contributed by atoms with Crippen LogP contribution in [0.3, 0.4) is 0 Å². The third-order valence-electron chi connectivity index (χ3n) is 8.89. The molecule has 2 nitrogen and oxygen atoms in total. The van der Waals surface area contributed by atoms with Gasteiger partial charge in [0.15, 0.2) is 5.78 Å². The third kappa shape index (κ3) is 1.84. The number of carbonyl (C=O) groups is 1. The first-order chi connectivity index (χ1) is 11.7. The van der Waals surface area contributed by atoms with Crippen molar-refractivity contribution in [1.82, 2.24) is 0 Å². The Hall–Kier alpha value is -0.840. The van der Waals surface area contributed by atoms with Crippen LogP contribution >= 0.6 is 0 Å². The van der Waals surface area contributed by atoms with Crippen LogP contribution in [0.25, 0.3) is 0 Å². The van der Waals surface area contributed by atoms with Gasteiger partial charge in [-0.1, -0.05) is 12.5 Å². The van der Waals surface area contributed by atoms with Crippen LogP contribution in [0.2, 0.25) is 0 Å². The first-order valence-electron chi connectivity index (χ1n) is 9.71. The van der Waals surface area contributed by atoms with Crippen LogP contribution in [0.4, 0.5) is 13.2 Å². The van der Waals surface area contributed by atoms with E-state index >= 15 is 0 Å². The summed E-state index contributed by atoms with van der Waals surface area (Å²) in [6, 6.07) is 0. The lowest BCUT2D eigenvalue weighted by Crippen LogP contribution is -2.51. The topological polar surface area (TPSA) is 37.3 Å². The molecular formula is C20H25F3O2. The molecule has 138 valence electrons. The molecule has 4 saturated carbocycles. The molecule has 0 radical (unpaired) electrons. The summed E-state index contributed by atoms with van der Waals surface area (Å²) in [5.74, 6) is 0.517. The minimum atomic E-state index is -4.51. The van der Waals surface area contributed by atoms with Gasteiger partial charge in [0, 0.05) is 6.42 Å². The number of Topliss-reactive ketones (excluding diaryl/α,β-unsaturated/α-hetero) is 1. The minimum Gasteiger partial charge on any atom is -0.393 e. The lowest BCUT2D eigenvalue weighted by molar-refractivity contribution is -0.133. The molecule has 0 aromatic heterocycles. The van der Waals surface area contributed by atoms with Gasteiger partial charge in [-0.3, -0.25) is 4.79 Å². The van der Waals surface area contributed by atoms with E-state index in [1.807, 2.05) is 0 Å². The molecule has 0 heterocycles. The number of allylic oxidation sites excluding steroid dienone is 1. The molecule has 3 unspecified atom stereocenters. The normalized spacial score (nSPS) is 51.6. The van der Waals surface area contributed by atoms with Gasteiger partial charge < -0.3 is 5.11 Å². The van der Waals surface area contributed by atoms with Gasteiger partial charge in [-0.25, -0.2) is 0 Å². The Morgan fingerprint density at radius 2 is 1.92 bits per heavy atom. The molecule has 0 bridgehead atoms. The van der Waals surface area contributed by atoms with Crippen molar-refractivity contribution in [3.05, 3.63) is 11.1 Å². The number of hydrogen-bond donors (Lipinski definition) is 1. The molecule has 5 aliphatic carbocycles. The Morgan fingerprint density at radius 1 is 1.16 bits per heavy atom. The smallest absolute Gasteiger partial charge is 0.393 e. The van der Waals surface area contributed by atoms with Crippen LogP contribution in [-0.2, 0) is 4.79 Å². The molecule has 0 saturated heterocycles. The van der Waals surface area contributed by atoms with Crippen molar-refractivity contribution in [3.63, 3.8) is 0 Å². The van der Waals surface area contributed by atoms with Crippen molar-refractivity contribution >= 4 is 5.78 Å². The van der Waals surface area contributed by atoms with Gasteiger partial charge in [-0.15, -0.1) is 0 Å². The third-order valence-corrected chi connectivity index (χ3v) is 8.89. The number of alkyl halides is 3. The highest BCUT2D eigenvalue weighted by molar-refractivity contribution is 5.98. The Labute approximate surface area is 145 Å². The average Bonchev–Trinajstić information content (AvgIpc) is 3.18. The maximum absolute atomic E-state index is 13.5. The Morgan fingerprint density at radius 3 is 2.64 bits per heavy atom. The lowest BCUT2D eigenvalue weighted by Gasteiger charge is -2.56. The predicted octanol–water partition coefficient (Wildman–Crippen LogP) is 4.42. The van der Waals surface area contributed by atoms with E-state index in [9.17, 15) is 23.1 Å². The van der Waals surface area contributed by atoms with Gasteiger partial charge in [0.25, 0.3) is 0 Å². The fraction of sp³-hybridized carbons (Fsp3) is 0.850. The van der Waals surface area contributed by atoms with Gasteiger partial charge in [-0.05, 0) is 79.4 Å². The highest BCUT2D eigenvalue weighted by atomic mass is 19.4. The first kappa shape index (κ1) is 16.3. The van der Waals surface area contributed by atoms with E-state index in [1.54, 1.807) is 0 Å². The number of halogens is 3. The molecule has 0 aromatic carbocycles. The predicted molar refractivity (Wildman–Crippen MR) is 85.5 cm³/mol. The van der Waals surface area contributed by atoms with E-state index in [1.165, 1.54) is 0 Å². The number of aliphatic hydroxyl groups excluding tert-OH is 1. The number of carbonyl (C=O) groups excluding carboxylic acids is 1. The minimum absolute atomic E-state index is 0.0442. The summed E-state index contributed by atoms with van der Waals surface area (Å²) < 4.78 is 40.5. The zero-order valence-corrected chi connectivity index (χ0v) is 14.5. The molecule has 7 atom stereocenters. The van der Waals surface area contributed by atoms with Crippen LogP contribution in [0.5, 0.6) is 0 Å². The Balaban J connectivity index is 1.54. The van der Waals surface area contributed by atoms with Crippen molar-refractivity contribution in [2.45, 2.75) is 70.6 Å². The molecule has 0 amide bonds. The largest absolute Gasteiger partial charge is 0.419 e. The Bertz CT molecular complexity index is 681. The molecule has 0 aromatic rings. The number of ketones is 1. The number of aliphatic hydroxyl groups is 1. The molecular weight excluding hydrogens is 329 g/mol. The molecule has 5 rings (SSSR count). The van der Waals surface area contributed by atoms with Crippen molar-refractivity contribution in [1.29, 1.82) is 0 Å². The van der Waals surface area contributed by atoms with Gasteiger partial charge in [0.1, 0.15) is 0 Å². The van der Waals surface area contributed by atoms with Crippen molar-refractivity contribution < 1.29 is 23.1 Å². The van der Waals surface area contributed by atoms with Crippen molar-refractivity contribution in [2.75, 3.05) is 0 Å². The van der Waals surface area contributed by atoms with Crippen LogP contribution in [0.1, 0.15) is 58.3 Å². The van der Waals surface area contributed by atoms with E-state index in [2.05, 4.69) is 6.92 Å². The number of hydrogen-bond acceptors (Lipinski definition) is 2. The zero-order valence-electron chi connectivity index (χ0n) is 14.5. The van der Waals surface area contributed by atoms with Crippen molar-refractivity contribution in [2.24, 2.45) is 34.5 Å². The maximum Gasteiger partial charge on any atom is 0.419 e. The summed E-state index contributed by atoms with van der Waals surface area (Å²) in [5.41, 5.74) is -0.273. The molecule has 5 heteroatoms. The quantitative estimate of drug-likeness (QED) is 0.699. The van der Waals surface area contributed by atoms with Gasteiger partial charge in [0.05, 0.1) is 11.7 Å². The fourth-order valence-electron chi connectivity index (χ4n) is 7.85. The van der Waals surface area contributed by atoms with Crippen LogP contribution in [0.15, 0.2) is 11.1 Å². The maximum atomic E-state index is 13.5. The van der Waals surface area contributed by atoms with Gasteiger partial charge in [-0.2, -0.15) is 13.2 Å². The molecule has 1 N–H and O–H groups in total. The van der Waals surface area contributed by atoms with Gasteiger partial charge in [0.2, 0.25) is 0 Å². The highest BCUT2D eigenvalue weighted by Crippen LogP contribution is 2.81. The second-order valence-corrected chi connectivity index (χ2v) is 9.42. The first-order valence-corrected chi connectivity index (χ1v) is 9.71. The molecule has 0 aliphatic heterocycles. The average molecular weight is 354 g/mol. The fourth-order valence-corrected chi connectivity index (χ4v) is 7.85. The molecule has 4 fully saturated rings. The van der Waals surface area contributed by atoms with E-state index in [0.29, 0.717) is 30.3 Å². The van der Waals surface area contributed by atoms with Crippen LogP contribution in [-0.4, -0.2) is 23.2 Å². The summed E-state index contributed by atoms with van der Waals surface area (Å²) in [7, 11) is 0. The van der Waals surface area contributed by atoms with Crippen LogP contribution in [0, 0.1) is 34.5 Å². The second-order valence-electron chi connectivity index (χ2n) is 9.42. The van der Waals surface area contributed by atoms with Crippen LogP contribution < -0.4 is 0 Å². The van der Waals surface area contributed by atoms with E-state index in [4.69, 9.17) is 0 Å². The molecule has 1 spiro atoms. The molecule has 5 aliphatic rings. The number of rotatable bonds is 0. The summed E-state index contributed by atoms with van der Waals surface area (Å²) in [6.45, 7) is 2.22. The molecule has 25 heavy (non-hydrogen) atoms. The van der Waals surface area contributed by atoms with Gasteiger partial charge >= 0.3 is 6.18 Å². The van der Waals surface area contributed by atoms with E-state index in [0.717, 1.165) is 32.1 Å². The monoisotopic (exact) mass is 354 g/mol. The second kappa shape index (κ2) is 4.71. The Kier molecular flexibility index (Phi) is 3.08. The standard InChI is InChI=1S/C20H25F3O2/c1-18-7-6-12-11-3-5-15(24)17(20(21,22)23)13(11)2-4-14(12)19(18)9-10(19)8-16(18)25/h10-12,14,16,25H,2-9H2,1H3/t10-,11?,12?,14?,16-,18+,19+/m0/s1. The summed E-state index contributed by atoms with van der Waals surface area (Å²) in [4.78, 5) is 12.0. The summed E-state index contributed by atoms with van der Waals surface area (Å²) in [6.07, 6.45) is 0.920. The number of fused-ring (bicyclic) bond motifs is 3. The lowest BCUT2D eigenvalue weighted by atomic mass is 9.49. The SMILES string of the molecule is C[C@]12CCC3C4CCC(=O)C(C(F)(F)F)=C4CCC3[C@]13C[C@@H]3C[C@@H]2O. The zero-order chi connectivity index (χ0) is 17.8. The van der Waals surface area contributed by atoms with Crippen molar-refractivity contribution in [3.8, 4) is 0 Å². The highest BCUT2D eigenvalue weighted by Gasteiger charge is 2.77. The summed E-state index contributed by atoms with van der Waals surface area (Å²) >= 11 is 0. The van der Waals surface area contributed by atoms with E-state index < -0.39 is 17.5 Å².